The fourth-order valence-corrected chi connectivity index (χ4v) is 4.60. The maximum Gasteiger partial charge on any atom is 0.261 e. The number of fused-ring (bicyclic) bond motifs is 1. The van der Waals surface area contributed by atoms with Gasteiger partial charge in [0.1, 0.15) is 0 Å². The van der Waals surface area contributed by atoms with Crippen LogP contribution < -0.4 is 32.4 Å². The van der Waals surface area contributed by atoms with Gasteiger partial charge in [0, 0.05) is 42.8 Å². The van der Waals surface area contributed by atoms with Crippen molar-refractivity contribution in [2.24, 2.45) is 11.6 Å². The molecule has 0 bridgehead atoms. The van der Waals surface area contributed by atoms with Crippen LogP contribution in [0.15, 0.2) is 77.7 Å². The first-order valence-corrected chi connectivity index (χ1v) is 14.3. The average Bonchev–Trinajstić information content (AvgIpc) is 2.89. The van der Waals surface area contributed by atoms with Gasteiger partial charge >= 0.3 is 0 Å². The first kappa shape index (κ1) is 30.9. The maximum atomic E-state index is 11.8. The van der Waals surface area contributed by atoms with E-state index in [1.54, 1.807) is 29.3 Å². The smallest absolute Gasteiger partial charge is 0.261 e. The number of sulfonamides is 1. The second-order valence-corrected chi connectivity index (χ2v) is 11.8. The largest absolute Gasteiger partial charge is 0.401 e. The molecule has 0 radical (unpaired) electrons. The number of nitrogens with two attached hydrogens (primary N) is 2. The van der Waals surface area contributed by atoms with Crippen molar-refractivity contribution in [2.75, 3.05) is 0 Å². The SMILES string of the molecule is CC(C)(C)NCc1ccc2c(c1)CCCC2.NN/C=C(\N)CCC(=O)N/C=C\NS(=O)(=O)c1ccccc1. The minimum atomic E-state index is -3.63. The van der Waals surface area contributed by atoms with Gasteiger partial charge in [-0.1, -0.05) is 36.4 Å². The van der Waals surface area contributed by atoms with E-state index in [1.807, 2.05) is 0 Å². The summed E-state index contributed by atoms with van der Waals surface area (Å²) in [5.41, 5.74) is 13.0. The molecule has 3 rings (SSSR count). The van der Waals surface area contributed by atoms with E-state index in [0.29, 0.717) is 12.1 Å². The van der Waals surface area contributed by atoms with E-state index in [-0.39, 0.29) is 22.8 Å². The van der Waals surface area contributed by atoms with Crippen LogP contribution in [0.2, 0.25) is 0 Å². The third kappa shape index (κ3) is 11.8. The van der Waals surface area contributed by atoms with Crippen molar-refractivity contribution in [1.82, 2.24) is 20.8 Å². The van der Waals surface area contributed by atoms with Gasteiger partial charge in [0.25, 0.3) is 10.0 Å². The zero-order chi connectivity index (χ0) is 28.0. The minimum Gasteiger partial charge on any atom is -0.401 e. The topological polar surface area (TPSA) is 151 Å². The Labute approximate surface area is 227 Å². The fraction of sp³-hybridized carbons (Fsp3) is 0.393. The van der Waals surface area contributed by atoms with Crippen molar-refractivity contribution in [3.05, 3.63) is 89.5 Å². The summed E-state index contributed by atoms with van der Waals surface area (Å²) < 4.78 is 25.9. The summed E-state index contributed by atoms with van der Waals surface area (Å²) in [6.07, 6.45) is 9.51. The highest BCUT2D eigenvalue weighted by Gasteiger charge is 2.12. The van der Waals surface area contributed by atoms with E-state index in [1.165, 1.54) is 55.8 Å². The number of hydrogen-bond acceptors (Lipinski definition) is 7. The van der Waals surface area contributed by atoms with Crippen molar-refractivity contribution in [1.29, 1.82) is 0 Å². The molecule has 1 aliphatic carbocycles. The van der Waals surface area contributed by atoms with Crippen LogP contribution in [0.5, 0.6) is 0 Å². The van der Waals surface area contributed by atoms with Gasteiger partial charge in [-0.15, -0.1) is 0 Å². The van der Waals surface area contributed by atoms with Gasteiger partial charge < -0.3 is 21.8 Å². The number of allylic oxidation sites excluding steroid dienone is 1. The highest BCUT2D eigenvalue weighted by molar-refractivity contribution is 7.89. The molecule has 38 heavy (non-hydrogen) atoms. The van der Waals surface area contributed by atoms with Crippen LogP contribution in [0.25, 0.3) is 0 Å². The molecule has 0 spiro atoms. The average molecular weight is 543 g/mol. The highest BCUT2D eigenvalue weighted by atomic mass is 32.2. The molecule has 0 aliphatic heterocycles. The van der Waals surface area contributed by atoms with Crippen molar-refractivity contribution in [2.45, 2.75) is 76.3 Å². The zero-order valence-corrected chi connectivity index (χ0v) is 23.4. The molecule has 2 aromatic rings. The Hall–Kier alpha value is -3.34. The molecule has 1 aliphatic rings. The monoisotopic (exact) mass is 542 g/mol. The number of aryl methyl sites for hydroxylation is 2. The summed E-state index contributed by atoms with van der Waals surface area (Å²) in [7, 11) is -3.63. The lowest BCUT2D eigenvalue weighted by molar-refractivity contribution is -0.120. The lowest BCUT2D eigenvalue weighted by atomic mass is 9.90. The van der Waals surface area contributed by atoms with Crippen LogP contribution in [0.3, 0.4) is 0 Å². The Morgan fingerprint density at radius 2 is 1.66 bits per heavy atom. The number of carbonyl (C=O) groups excluding carboxylic acids is 1. The molecule has 0 fully saturated rings. The van der Waals surface area contributed by atoms with E-state index >= 15 is 0 Å². The summed E-state index contributed by atoms with van der Waals surface area (Å²) in [5, 5.41) is 5.97. The summed E-state index contributed by atoms with van der Waals surface area (Å²) in [6, 6.07) is 14.9. The molecule has 0 saturated heterocycles. The zero-order valence-electron chi connectivity index (χ0n) is 22.6. The summed E-state index contributed by atoms with van der Waals surface area (Å²) >= 11 is 0. The Morgan fingerprint density at radius 1 is 0.974 bits per heavy atom. The van der Waals surface area contributed by atoms with Gasteiger partial charge in [-0.25, -0.2) is 8.42 Å². The van der Waals surface area contributed by atoms with Crippen molar-refractivity contribution >= 4 is 15.9 Å². The summed E-state index contributed by atoms with van der Waals surface area (Å²) in [6.45, 7) is 7.62. The molecule has 208 valence electrons. The molecule has 8 N–H and O–H groups in total. The van der Waals surface area contributed by atoms with Crippen LogP contribution in [-0.2, 0) is 34.2 Å². The predicted octanol–water partition coefficient (Wildman–Crippen LogP) is 3.05. The normalized spacial score (nSPS) is 13.7. The molecule has 0 heterocycles. The van der Waals surface area contributed by atoms with Gasteiger partial charge in [0.15, 0.2) is 0 Å². The molecule has 0 atom stereocenters. The number of hydrogen-bond donors (Lipinski definition) is 6. The van der Waals surface area contributed by atoms with Gasteiger partial charge in [0.2, 0.25) is 5.91 Å². The maximum absolute atomic E-state index is 11.8. The molecule has 0 unspecified atom stereocenters. The van der Waals surface area contributed by atoms with Crippen LogP contribution >= 0.6 is 0 Å². The number of nitrogens with one attached hydrogen (secondary N) is 4. The Kier molecular flexibility index (Phi) is 12.3. The molecular formula is C28H42N6O3S. The predicted molar refractivity (Wildman–Crippen MR) is 153 cm³/mol. The van der Waals surface area contributed by atoms with Gasteiger partial charge in [-0.3, -0.25) is 15.4 Å². The van der Waals surface area contributed by atoms with E-state index in [4.69, 9.17) is 11.6 Å². The third-order valence-electron chi connectivity index (χ3n) is 5.75. The minimum absolute atomic E-state index is 0.137. The molecule has 0 saturated carbocycles. The summed E-state index contributed by atoms with van der Waals surface area (Å²) in [5.74, 6) is 4.74. The number of benzene rings is 2. The second-order valence-electron chi connectivity index (χ2n) is 10.1. The van der Waals surface area contributed by atoms with E-state index in [9.17, 15) is 13.2 Å². The number of carbonyl (C=O) groups is 1. The number of rotatable bonds is 10. The number of hydrazine groups is 1. The van der Waals surface area contributed by atoms with E-state index < -0.39 is 10.0 Å². The molecular weight excluding hydrogens is 500 g/mol. The third-order valence-corrected chi connectivity index (χ3v) is 7.09. The molecule has 0 aromatic heterocycles. The quantitative estimate of drug-likeness (QED) is 0.199. The first-order valence-electron chi connectivity index (χ1n) is 12.8. The van der Waals surface area contributed by atoms with Crippen molar-refractivity contribution in [3.8, 4) is 0 Å². The molecule has 1 amide bonds. The molecule has 2 aromatic carbocycles. The molecule has 10 heteroatoms. The highest BCUT2D eigenvalue weighted by Crippen LogP contribution is 2.22. The molecule has 9 nitrogen and oxygen atoms in total. The van der Waals surface area contributed by atoms with Crippen molar-refractivity contribution < 1.29 is 13.2 Å². The lowest BCUT2D eigenvalue weighted by Gasteiger charge is -2.22. The Morgan fingerprint density at radius 3 is 2.32 bits per heavy atom. The van der Waals surface area contributed by atoms with Gasteiger partial charge in [-0.05, 0) is 81.7 Å². The van der Waals surface area contributed by atoms with Crippen LogP contribution in [0, 0.1) is 0 Å². The summed E-state index contributed by atoms with van der Waals surface area (Å²) in [4.78, 5) is 11.6. The first-order chi connectivity index (χ1) is 18.0. The van der Waals surface area contributed by atoms with E-state index in [0.717, 1.165) is 12.7 Å². The Balaban J connectivity index is 0.000000279. The van der Waals surface area contributed by atoms with Gasteiger partial charge in [0.05, 0.1) is 4.90 Å². The fourth-order valence-electron chi connectivity index (χ4n) is 3.70. The lowest BCUT2D eigenvalue weighted by Crippen LogP contribution is -2.35. The van der Waals surface area contributed by atoms with Crippen LogP contribution in [-0.4, -0.2) is 19.9 Å². The second kappa shape index (κ2) is 15.2. The number of amides is 1. The van der Waals surface area contributed by atoms with Crippen LogP contribution in [0.1, 0.15) is 63.1 Å². The van der Waals surface area contributed by atoms with Gasteiger partial charge in [-0.2, -0.15) is 0 Å². The Bertz CT molecular complexity index is 1190. The van der Waals surface area contributed by atoms with E-state index in [2.05, 4.69) is 59.8 Å². The van der Waals surface area contributed by atoms with Crippen LogP contribution in [0.4, 0.5) is 0 Å². The standard InChI is InChI=1S/C15H23N.C13H19N5O3S/c1-15(2,3)16-11-12-8-9-13-6-4-5-7-14(13)10-12;14-11(10-17-15)6-7-13(19)16-8-9-18-22(20,21)12-4-2-1-3-5-12/h8-10,16H,4-7,11H2,1-3H3;1-5,8-10,17-18H,6-7,14-15H2,(H,16,19)/b;9-8-,11-10-. The van der Waals surface area contributed by atoms with Crippen molar-refractivity contribution in [3.63, 3.8) is 0 Å².